The van der Waals surface area contributed by atoms with E-state index in [9.17, 15) is 9.90 Å². The van der Waals surface area contributed by atoms with E-state index >= 15 is 0 Å². The molecule has 0 atom stereocenters. The van der Waals surface area contributed by atoms with E-state index in [4.69, 9.17) is 26.2 Å². The fourth-order valence-electron chi connectivity index (χ4n) is 4.70. The quantitative estimate of drug-likeness (QED) is 0.391. The summed E-state index contributed by atoms with van der Waals surface area (Å²) in [7, 11) is 3.22. The number of halogens is 1. The third-order valence-electron chi connectivity index (χ3n) is 6.57. The zero-order valence-electron chi connectivity index (χ0n) is 22.0. The Morgan fingerprint density at radius 1 is 1.00 bits per heavy atom. The van der Waals surface area contributed by atoms with E-state index in [1.54, 1.807) is 18.9 Å². The number of benzene rings is 2. The molecule has 0 saturated carbocycles. The monoisotopic (exact) mass is 538 g/mol. The highest BCUT2D eigenvalue weighted by molar-refractivity contribution is 6.30. The molecule has 1 aromatic heterocycles. The number of carbonyl (C=O) groups excluding carboxylic acids is 1. The number of methoxy groups -OCH3 is 2. The van der Waals surface area contributed by atoms with Gasteiger partial charge in [-0.05, 0) is 48.4 Å². The van der Waals surface area contributed by atoms with Gasteiger partial charge in [-0.15, -0.1) is 0 Å². The van der Waals surface area contributed by atoms with E-state index in [0.29, 0.717) is 41.6 Å². The van der Waals surface area contributed by atoms with Gasteiger partial charge in [-0.2, -0.15) is 5.10 Å². The van der Waals surface area contributed by atoms with Crippen molar-refractivity contribution in [2.75, 3.05) is 53.6 Å². The molecule has 0 radical (unpaired) electrons. The molecule has 1 N–H and O–H groups in total. The second-order valence-electron chi connectivity index (χ2n) is 9.24. The van der Waals surface area contributed by atoms with E-state index in [1.165, 1.54) is 0 Å². The highest BCUT2D eigenvalue weighted by atomic mass is 35.5. The van der Waals surface area contributed by atoms with Crippen LogP contribution in [0.2, 0.25) is 5.02 Å². The minimum Gasteiger partial charge on any atom is -0.395 e. The number of nitrogens with zero attached hydrogens (tertiary/aromatic N) is 4. The summed E-state index contributed by atoms with van der Waals surface area (Å²) in [6, 6.07) is 15.6. The maximum absolute atomic E-state index is 13.9. The highest BCUT2D eigenvalue weighted by Gasteiger charge is 2.29. The summed E-state index contributed by atoms with van der Waals surface area (Å²) in [5, 5.41) is 14.8. The Bertz CT molecular complexity index is 1240. The number of amides is 1. The number of aliphatic hydroxyl groups excluding tert-OH is 1. The van der Waals surface area contributed by atoms with Crippen molar-refractivity contribution in [3.8, 4) is 5.69 Å². The SMILES string of the molecule is COCc1nn(-c2cccc(C=Cc3ccc(Cl)cc3)c2)c(COC)c1C(=O)N1CCCN(CCO)CC1. The smallest absolute Gasteiger partial charge is 0.257 e. The summed E-state index contributed by atoms with van der Waals surface area (Å²) < 4.78 is 12.8. The van der Waals surface area contributed by atoms with Gasteiger partial charge in [-0.25, -0.2) is 4.68 Å². The standard InChI is InChI=1S/C29H35ClN4O4/c1-37-20-26-28(29(36)33-14-4-13-32(15-16-33)17-18-35)27(21-38-2)34(31-26)25-6-3-5-23(19-25)8-7-22-9-11-24(30)12-10-22/h3,5-12,19,35H,4,13-18,20-21H2,1-2H3. The molecule has 3 aromatic rings. The Morgan fingerprint density at radius 3 is 2.50 bits per heavy atom. The van der Waals surface area contributed by atoms with Crippen molar-refractivity contribution in [3.05, 3.63) is 81.6 Å². The molecule has 0 unspecified atom stereocenters. The van der Waals surface area contributed by atoms with Crippen molar-refractivity contribution < 1.29 is 19.4 Å². The Balaban J connectivity index is 1.66. The van der Waals surface area contributed by atoms with Crippen LogP contribution in [0.5, 0.6) is 0 Å². The van der Waals surface area contributed by atoms with Crippen LogP contribution in [0.3, 0.4) is 0 Å². The van der Waals surface area contributed by atoms with E-state index in [2.05, 4.69) is 4.90 Å². The molecule has 1 fully saturated rings. The lowest BCUT2D eigenvalue weighted by molar-refractivity contribution is 0.0750. The van der Waals surface area contributed by atoms with Gasteiger partial charge in [0.15, 0.2) is 0 Å². The van der Waals surface area contributed by atoms with Gasteiger partial charge in [0.1, 0.15) is 5.69 Å². The van der Waals surface area contributed by atoms with Crippen LogP contribution in [0, 0.1) is 0 Å². The number of β-amino-alcohol motifs (C(OH)–C–C–N with tert-alkyl or cyclic N) is 1. The Hall–Kier alpha value is -3.01. The van der Waals surface area contributed by atoms with Crippen LogP contribution in [-0.4, -0.2) is 84.1 Å². The molecule has 2 aromatic carbocycles. The molecule has 202 valence electrons. The van der Waals surface area contributed by atoms with Gasteiger partial charge in [0.05, 0.1) is 36.8 Å². The van der Waals surface area contributed by atoms with Crippen LogP contribution >= 0.6 is 11.6 Å². The van der Waals surface area contributed by atoms with Crippen LogP contribution in [-0.2, 0) is 22.7 Å². The molecule has 2 heterocycles. The first-order chi connectivity index (χ1) is 18.5. The van der Waals surface area contributed by atoms with E-state index in [0.717, 1.165) is 36.3 Å². The van der Waals surface area contributed by atoms with Crippen molar-refractivity contribution in [1.29, 1.82) is 0 Å². The molecular weight excluding hydrogens is 504 g/mol. The average molecular weight is 539 g/mol. The Kier molecular flexibility index (Phi) is 10.1. The molecule has 8 nitrogen and oxygen atoms in total. The van der Waals surface area contributed by atoms with Crippen molar-refractivity contribution in [2.24, 2.45) is 0 Å². The van der Waals surface area contributed by atoms with Crippen LogP contribution in [0.1, 0.15) is 39.3 Å². The molecule has 4 rings (SSSR count). The molecule has 0 aliphatic carbocycles. The van der Waals surface area contributed by atoms with Gasteiger partial charge in [-0.3, -0.25) is 9.69 Å². The predicted molar refractivity (Wildman–Crippen MR) is 149 cm³/mol. The van der Waals surface area contributed by atoms with Crippen molar-refractivity contribution in [2.45, 2.75) is 19.6 Å². The molecule has 9 heteroatoms. The van der Waals surface area contributed by atoms with Crippen LogP contribution < -0.4 is 0 Å². The Labute approximate surface area is 229 Å². The maximum Gasteiger partial charge on any atom is 0.257 e. The lowest BCUT2D eigenvalue weighted by Gasteiger charge is -2.22. The molecular formula is C29H35ClN4O4. The lowest BCUT2D eigenvalue weighted by Crippen LogP contribution is -2.36. The fraction of sp³-hybridized carbons (Fsp3) is 0.379. The summed E-state index contributed by atoms with van der Waals surface area (Å²) in [5.41, 5.74) is 4.68. The summed E-state index contributed by atoms with van der Waals surface area (Å²) in [6.45, 7) is 4.00. The Morgan fingerprint density at radius 2 is 1.76 bits per heavy atom. The number of aromatic nitrogens is 2. The van der Waals surface area contributed by atoms with Crippen LogP contribution in [0.25, 0.3) is 17.8 Å². The fourth-order valence-corrected chi connectivity index (χ4v) is 4.82. The normalized spacial score (nSPS) is 14.8. The molecule has 1 aliphatic heterocycles. The van der Waals surface area contributed by atoms with Gasteiger partial charge >= 0.3 is 0 Å². The summed E-state index contributed by atoms with van der Waals surface area (Å²) in [4.78, 5) is 17.9. The summed E-state index contributed by atoms with van der Waals surface area (Å²) >= 11 is 6.00. The van der Waals surface area contributed by atoms with Gasteiger partial charge in [-0.1, -0.05) is 48.0 Å². The number of hydrogen-bond acceptors (Lipinski definition) is 6. The molecule has 1 amide bonds. The van der Waals surface area contributed by atoms with Crippen LogP contribution in [0.15, 0.2) is 48.5 Å². The van der Waals surface area contributed by atoms with E-state index in [-0.39, 0.29) is 25.7 Å². The number of carbonyl (C=O) groups is 1. The minimum absolute atomic E-state index is 0.0695. The van der Waals surface area contributed by atoms with Crippen LogP contribution in [0.4, 0.5) is 0 Å². The van der Waals surface area contributed by atoms with Gasteiger partial charge in [0.2, 0.25) is 0 Å². The van der Waals surface area contributed by atoms with Gasteiger partial charge in [0, 0.05) is 45.4 Å². The first-order valence-corrected chi connectivity index (χ1v) is 13.2. The van der Waals surface area contributed by atoms with E-state index in [1.807, 2.05) is 65.6 Å². The third kappa shape index (κ3) is 6.89. The second kappa shape index (κ2) is 13.7. The third-order valence-corrected chi connectivity index (χ3v) is 6.83. The molecule has 0 bridgehead atoms. The number of hydrogen-bond donors (Lipinski definition) is 1. The lowest BCUT2D eigenvalue weighted by atomic mass is 10.1. The topological polar surface area (TPSA) is 80.1 Å². The second-order valence-corrected chi connectivity index (χ2v) is 9.67. The molecule has 38 heavy (non-hydrogen) atoms. The molecule has 1 saturated heterocycles. The van der Waals surface area contributed by atoms with Crippen molar-refractivity contribution in [3.63, 3.8) is 0 Å². The van der Waals surface area contributed by atoms with Crippen molar-refractivity contribution >= 4 is 29.7 Å². The maximum atomic E-state index is 13.9. The summed E-state index contributed by atoms with van der Waals surface area (Å²) in [6.07, 6.45) is 4.91. The van der Waals surface area contributed by atoms with Gasteiger partial charge < -0.3 is 19.5 Å². The number of rotatable bonds is 10. The first-order valence-electron chi connectivity index (χ1n) is 12.8. The largest absolute Gasteiger partial charge is 0.395 e. The number of aliphatic hydroxyl groups is 1. The number of ether oxygens (including phenoxy) is 2. The van der Waals surface area contributed by atoms with Crippen molar-refractivity contribution in [1.82, 2.24) is 19.6 Å². The minimum atomic E-state index is -0.0695. The zero-order chi connectivity index (χ0) is 26.9. The summed E-state index contributed by atoms with van der Waals surface area (Å²) in [5.74, 6) is -0.0695. The first kappa shape index (κ1) is 28.0. The average Bonchev–Trinajstić information content (AvgIpc) is 3.10. The zero-order valence-corrected chi connectivity index (χ0v) is 22.7. The molecule has 1 aliphatic rings. The molecule has 0 spiro atoms. The predicted octanol–water partition coefficient (Wildman–Crippen LogP) is 4.13. The van der Waals surface area contributed by atoms with E-state index < -0.39 is 0 Å². The van der Waals surface area contributed by atoms with Gasteiger partial charge in [0.25, 0.3) is 5.91 Å². The highest BCUT2D eigenvalue weighted by Crippen LogP contribution is 2.24.